The van der Waals surface area contributed by atoms with E-state index in [1.807, 2.05) is 0 Å². The second kappa shape index (κ2) is 9.16. The van der Waals surface area contributed by atoms with E-state index < -0.39 is 34.6 Å². The summed E-state index contributed by atoms with van der Waals surface area (Å²) in [5.41, 5.74) is -0.160. The molecule has 1 N–H and O–H groups in total. The highest BCUT2D eigenvalue weighted by atomic mass is 19.4. The maximum atomic E-state index is 12.3. The molecule has 1 heterocycles. The molecule has 0 aliphatic heterocycles. The van der Waals surface area contributed by atoms with Gasteiger partial charge in [0.1, 0.15) is 17.8 Å². The van der Waals surface area contributed by atoms with Gasteiger partial charge in [-0.25, -0.2) is 9.78 Å². The largest absolute Gasteiger partial charge is 0.573 e. The summed E-state index contributed by atoms with van der Waals surface area (Å²) in [5, 5.41) is 14.2. The molecular formula is C19H13F3N4O6. The van der Waals surface area contributed by atoms with Crippen molar-refractivity contribution in [2.75, 3.05) is 12.4 Å². The number of hydrogen-bond donors (Lipinski definition) is 1. The number of esters is 1. The molecule has 0 bridgehead atoms. The van der Waals surface area contributed by atoms with Gasteiger partial charge >= 0.3 is 23.9 Å². The molecule has 2 aromatic carbocycles. The lowest BCUT2D eigenvalue weighted by Crippen LogP contribution is -2.17. The third-order valence-corrected chi connectivity index (χ3v) is 3.81. The number of hydrogen-bond acceptors (Lipinski definition) is 9. The fourth-order valence-corrected chi connectivity index (χ4v) is 2.46. The van der Waals surface area contributed by atoms with Crippen LogP contribution in [0, 0.1) is 10.1 Å². The van der Waals surface area contributed by atoms with Crippen molar-refractivity contribution < 1.29 is 37.1 Å². The van der Waals surface area contributed by atoms with Gasteiger partial charge in [0.25, 0.3) is 0 Å². The molecule has 0 radical (unpaired) electrons. The molecule has 0 atom stereocenters. The van der Waals surface area contributed by atoms with Crippen molar-refractivity contribution in [3.8, 4) is 17.4 Å². The third-order valence-electron chi connectivity index (χ3n) is 3.81. The van der Waals surface area contributed by atoms with E-state index in [2.05, 4.69) is 24.8 Å². The molecule has 3 aromatic rings. The van der Waals surface area contributed by atoms with Crippen LogP contribution in [-0.4, -0.2) is 34.3 Å². The number of ether oxygens (including phenoxy) is 3. The fraction of sp³-hybridized carbons (Fsp3) is 0.105. The maximum absolute atomic E-state index is 12.3. The number of nitro groups is 1. The smallest absolute Gasteiger partial charge is 0.465 e. The predicted molar refractivity (Wildman–Crippen MR) is 103 cm³/mol. The van der Waals surface area contributed by atoms with Crippen molar-refractivity contribution in [2.45, 2.75) is 6.36 Å². The molecule has 13 heteroatoms. The van der Waals surface area contributed by atoms with Crippen LogP contribution in [0.5, 0.6) is 17.4 Å². The van der Waals surface area contributed by atoms with Gasteiger partial charge in [0.2, 0.25) is 5.82 Å². The number of nitrogens with zero attached hydrogens (tertiary/aromatic N) is 3. The highest BCUT2D eigenvalue weighted by molar-refractivity contribution is 5.89. The van der Waals surface area contributed by atoms with E-state index in [9.17, 15) is 28.1 Å². The van der Waals surface area contributed by atoms with Gasteiger partial charge in [-0.3, -0.25) is 10.1 Å². The summed E-state index contributed by atoms with van der Waals surface area (Å²) in [7, 11) is 1.22. The number of carbonyl (C=O) groups excluding carboxylic acids is 1. The van der Waals surface area contributed by atoms with Crippen LogP contribution >= 0.6 is 0 Å². The van der Waals surface area contributed by atoms with E-state index in [0.717, 1.165) is 18.5 Å². The van der Waals surface area contributed by atoms with Crippen molar-refractivity contribution in [2.24, 2.45) is 0 Å². The van der Waals surface area contributed by atoms with Crippen molar-refractivity contribution in [3.05, 3.63) is 70.5 Å². The van der Waals surface area contributed by atoms with E-state index in [0.29, 0.717) is 0 Å². The lowest BCUT2D eigenvalue weighted by molar-refractivity contribution is -0.385. The Morgan fingerprint density at radius 2 is 1.66 bits per heavy atom. The van der Waals surface area contributed by atoms with Crippen molar-refractivity contribution >= 4 is 23.2 Å². The molecule has 0 saturated carbocycles. The molecule has 166 valence electrons. The average Bonchev–Trinajstić information content (AvgIpc) is 2.74. The molecule has 0 fully saturated rings. The van der Waals surface area contributed by atoms with E-state index in [4.69, 9.17) is 4.74 Å². The first-order valence-corrected chi connectivity index (χ1v) is 8.65. The van der Waals surface area contributed by atoms with Crippen molar-refractivity contribution in [1.82, 2.24) is 9.97 Å². The third kappa shape index (κ3) is 5.59. The standard InChI is InChI=1S/C19H13F3N4O6/c1-30-18(27)11-2-6-13(7-3-11)31-17-15(26(28)29)16(23-10-24-17)25-12-4-8-14(9-5-12)32-19(20,21)22/h2-10H,1H3,(H,23,24,25). The van der Waals surface area contributed by atoms with Crippen LogP contribution in [0.2, 0.25) is 0 Å². The average molecular weight is 450 g/mol. The maximum Gasteiger partial charge on any atom is 0.573 e. The molecule has 0 aliphatic rings. The van der Waals surface area contributed by atoms with Gasteiger partial charge in [-0.05, 0) is 48.5 Å². The highest BCUT2D eigenvalue weighted by Gasteiger charge is 2.31. The zero-order valence-electron chi connectivity index (χ0n) is 16.1. The molecule has 0 aliphatic carbocycles. The number of nitrogens with one attached hydrogen (secondary N) is 1. The van der Waals surface area contributed by atoms with E-state index in [1.165, 1.54) is 43.5 Å². The Kier molecular flexibility index (Phi) is 6.37. The number of alkyl halides is 3. The Balaban J connectivity index is 1.83. The Bertz CT molecular complexity index is 1120. The quantitative estimate of drug-likeness (QED) is 0.312. The van der Waals surface area contributed by atoms with E-state index in [-0.39, 0.29) is 22.8 Å². The molecule has 0 spiro atoms. The van der Waals surface area contributed by atoms with Gasteiger partial charge in [0.15, 0.2) is 0 Å². The Labute approximate surface area is 177 Å². The zero-order valence-corrected chi connectivity index (χ0v) is 16.1. The van der Waals surface area contributed by atoms with Gasteiger partial charge in [-0.2, -0.15) is 4.98 Å². The molecule has 0 unspecified atom stereocenters. The normalized spacial score (nSPS) is 10.9. The number of anilines is 2. The van der Waals surface area contributed by atoms with Gasteiger partial charge in [-0.15, -0.1) is 13.2 Å². The summed E-state index contributed by atoms with van der Waals surface area (Å²) in [6.45, 7) is 0. The number of benzene rings is 2. The first kappa shape index (κ1) is 22.3. The molecule has 0 amide bonds. The summed E-state index contributed by atoms with van der Waals surface area (Å²) in [6.07, 6.45) is -3.84. The van der Waals surface area contributed by atoms with Gasteiger partial charge in [-0.1, -0.05) is 0 Å². The summed E-state index contributed by atoms with van der Waals surface area (Å²) >= 11 is 0. The minimum Gasteiger partial charge on any atom is -0.465 e. The second-order valence-corrected chi connectivity index (χ2v) is 5.95. The minimum atomic E-state index is -4.85. The predicted octanol–water partition coefficient (Wildman–Crippen LogP) is 4.61. The van der Waals surface area contributed by atoms with Crippen LogP contribution in [0.3, 0.4) is 0 Å². The number of aromatic nitrogens is 2. The molecule has 1 aromatic heterocycles. The van der Waals surface area contributed by atoms with Crippen LogP contribution in [0.4, 0.5) is 30.4 Å². The van der Waals surface area contributed by atoms with Crippen molar-refractivity contribution in [1.29, 1.82) is 0 Å². The Morgan fingerprint density at radius 3 is 2.22 bits per heavy atom. The summed E-state index contributed by atoms with van der Waals surface area (Å²) in [6, 6.07) is 10.1. The highest BCUT2D eigenvalue weighted by Crippen LogP contribution is 2.36. The molecule has 32 heavy (non-hydrogen) atoms. The van der Waals surface area contributed by atoms with Crippen LogP contribution in [0.15, 0.2) is 54.9 Å². The van der Waals surface area contributed by atoms with Gasteiger partial charge in [0, 0.05) is 5.69 Å². The minimum absolute atomic E-state index is 0.152. The summed E-state index contributed by atoms with van der Waals surface area (Å²) in [5.74, 6) is -1.52. The molecule has 3 rings (SSSR count). The lowest BCUT2D eigenvalue weighted by atomic mass is 10.2. The van der Waals surface area contributed by atoms with Crippen LogP contribution in [-0.2, 0) is 4.74 Å². The van der Waals surface area contributed by atoms with E-state index in [1.54, 1.807) is 0 Å². The van der Waals surface area contributed by atoms with Gasteiger partial charge in [0.05, 0.1) is 17.6 Å². The molecule has 10 nitrogen and oxygen atoms in total. The first-order valence-electron chi connectivity index (χ1n) is 8.65. The zero-order chi connectivity index (χ0) is 23.3. The van der Waals surface area contributed by atoms with Crippen LogP contribution < -0.4 is 14.8 Å². The molecule has 0 saturated heterocycles. The van der Waals surface area contributed by atoms with Crippen LogP contribution in [0.25, 0.3) is 0 Å². The number of methoxy groups -OCH3 is 1. The first-order chi connectivity index (χ1) is 15.2. The van der Waals surface area contributed by atoms with Crippen molar-refractivity contribution in [3.63, 3.8) is 0 Å². The number of carbonyl (C=O) groups is 1. The van der Waals surface area contributed by atoms with E-state index >= 15 is 0 Å². The number of halogens is 3. The second-order valence-electron chi connectivity index (χ2n) is 5.95. The molecular weight excluding hydrogens is 437 g/mol. The fourth-order valence-electron chi connectivity index (χ4n) is 2.46. The Hall–Kier alpha value is -4.42. The topological polar surface area (TPSA) is 126 Å². The summed E-state index contributed by atoms with van der Waals surface area (Å²) < 4.78 is 50.6. The monoisotopic (exact) mass is 450 g/mol. The Morgan fingerprint density at radius 1 is 1.03 bits per heavy atom. The summed E-state index contributed by atoms with van der Waals surface area (Å²) in [4.78, 5) is 29.9. The number of rotatable bonds is 7. The lowest BCUT2D eigenvalue weighted by Gasteiger charge is -2.11. The van der Waals surface area contributed by atoms with Gasteiger partial charge < -0.3 is 19.5 Å². The van der Waals surface area contributed by atoms with Crippen LogP contribution in [0.1, 0.15) is 10.4 Å². The SMILES string of the molecule is COC(=O)c1ccc(Oc2ncnc(Nc3ccc(OC(F)(F)F)cc3)c2[N+](=O)[O-])cc1.